The highest BCUT2D eigenvalue weighted by Crippen LogP contribution is 2.59. The fourth-order valence-corrected chi connectivity index (χ4v) is 3.35. The van der Waals surface area contributed by atoms with Crippen molar-refractivity contribution >= 4 is 11.6 Å². The molecule has 3 aliphatic carbocycles. The molecule has 0 aliphatic heterocycles. The molecule has 4 nitrogen and oxygen atoms in total. The van der Waals surface area contributed by atoms with E-state index < -0.39 is 11.5 Å². The van der Waals surface area contributed by atoms with Crippen LogP contribution in [0.4, 0.5) is 0 Å². The number of fused-ring (bicyclic) bond motifs is 1. The highest BCUT2D eigenvalue weighted by molar-refractivity contribution is 6.06. The van der Waals surface area contributed by atoms with Crippen LogP contribution in [-0.4, -0.2) is 17.6 Å². The van der Waals surface area contributed by atoms with Gasteiger partial charge in [-0.2, -0.15) is 4.91 Å². The van der Waals surface area contributed by atoms with Gasteiger partial charge in [0.1, 0.15) is 0 Å². The third-order valence-electron chi connectivity index (χ3n) is 4.46. The van der Waals surface area contributed by atoms with Crippen molar-refractivity contribution in [3.63, 3.8) is 0 Å². The first-order valence-corrected chi connectivity index (χ1v) is 5.73. The standard InChI is InChI=1S/C12H13NO3/c1-6-9-7(2-3-8(9)14)10(13-16)11(15)12(6)4-5-12/h7,10H,2-5H2,1H3/t7?,10-/m1/s1. The number of Topliss-reactive ketones (excluding diaryl/α,β-unsaturated/α-hetero) is 2. The number of hydrogen-bond donors (Lipinski definition) is 0. The molecule has 4 heteroatoms. The molecule has 0 amide bonds. The Morgan fingerprint density at radius 1 is 1.31 bits per heavy atom. The fraction of sp³-hybridized carbons (Fsp3) is 0.667. The Labute approximate surface area is 93.1 Å². The Kier molecular flexibility index (Phi) is 1.77. The molecule has 16 heavy (non-hydrogen) atoms. The molecule has 2 fully saturated rings. The SMILES string of the molecule is CC1=C2C(=O)CCC2[C@@H](N=O)C(=O)C12CC2. The molecule has 0 heterocycles. The topological polar surface area (TPSA) is 63.6 Å². The van der Waals surface area contributed by atoms with E-state index in [2.05, 4.69) is 5.18 Å². The fourth-order valence-electron chi connectivity index (χ4n) is 3.35. The van der Waals surface area contributed by atoms with Crippen LogP contribution in [0, 0.1) is 16.2 Å². The first-order chi connectivity index (χ1) is 7.62. The van der Waals surface area contributed by atoms with Crippen molar-refractivity contribution in [1.29, 1.82) is 0 Å². The number of nitrogens with zero attached hydrogens (tertiary/aromatic N) is 1. The summed E-state index contributed by atoms with van der Waals surface area (Å²) in [5, 5.41) is 2.99. The maximum Gasteiger partial charge on any atom is 0.171 e. The average molecular weight is 219 g/mol. The van der Waals surface area contributed by atoms with Crippen molar-refractivity contribution in [1.82, 2.24) is 0 Å². The molecule has 2 saturated carbocycles. The Morgan fingerprint density at radius 2 is 2.00 bits per heavy atom. The van der Waals surface area contributed by atoms with Crippen molar-refractivity contribution in [3.05, 3.63) is 16.1 Å². The largest absolute Gasteiger partial charge is 0.296 e. The first-order valence-electron chi connectivity index (χ1n) is 5.73. The number of rotatable bonds is 1. The summed E-state index contributed by atoms with van der Waals surface area (Å²) in [6.45, 7) is 1.89. The summed E-state index contributed by atoms with van der Waals surface area (Å²) < 4.78 is 0. The molecule has 0 saturated heterocycles. The van der Waals surface area contributed by atoms with Crippen LogP contribution in [0.1, 0.15) is 32.6 Å². The van der Waals surface area contributed by atoms with Crippen LogP contribution in [0.2, 0.25) is 0 Å². The summed E-state index contributed by atoms with van der Waals surface area (Å²) in [4.78, 5) is 34.8. The lowest BCUT2D eigenvalue weighted by Crippen LogP contribution is -2.40. The Hall–Kier alpha value is -1.32. The monoisotopic (exact) mass is 219 g/mol. The molecule has 3 rings (SSSR count). The number of carbonyl (C=O) groups is 2. The molecule has 1 unspecified atom stereocenters. The Morgan fingerprint density at radius 3 is 2.56 bits per heavy atom. The molecule has 3 aliphatic rings. The van der Waals surface area contributed by atoms with Gasteiger partial charge < -0.3 is 0 Å². The van der Waals surface area contributed by atoms with E-state index in [0.717, 1.165) is 24.0 Å². The number of carbonyl (C=O) groups excluding carboxylic acids is 2. The minimum absolute atomic E-state index is 0.0385. The van der Waals surface area contributed by atoms with E-state index in [9.17, 15) is 14.5 Å². The molecule has 0 bridgehead atoms. The van der Waals surface area contributed by atoms with Gasteiger partial charge in [-0.3, -0.25) is 9.59 Å². The normalized spacial score (nSPS) is 35.6. The van der Waals surface area contributed by atoms with Crippen LogP contribution in [0.25, 0.3) is 0 Å². The van der Waals surface area contributed by atoms with E-state index in [1.165, 1.54) is 0 Å². The summed E-state index contributed by atoms with van der Waals surface area (Å²) in [7, 11) is 0. The molecular weight excluding hydrogens is 206 g/mol. The van der Waals surface area contributed by atoms with E-state index >= 15 is 0 Å². The molecule has 0 radical (unpaired) electrons. The van der Waals surface area contributed by atoms with Crippen molar-refractivity contribution in [3.8, 4) is 0 Å². The maximum atomic E-state index is 12.2. The lowest BCUT2D eigenvalue weighted by atomic mass is 9.72. The first kappa shape index (κ1) is 9.87. The molecule has 0 aromatic rings. The second-order valence-corrected chi connectivity index (χ2v) is 5.10. The van der Waals surface area contributed by atoms with Crippen molar-refractivity contribution in [2.45, 2.75) is 38.6 Å². The minimum Gasteiger partial charge on any atom is -0.296 e. The van der Waals surface area contributed by atoms with Gasteiger partial charge in [-0.15, -0.1) is 0 Å². The quantitative estimate of drug-likeness (QED) is 0.631. The summed E-state index contributed by atoms with van der Waals surface area (Å²) in [5.74, 6) is -0.137. The van der Waals surface area contributed by atoms with Gasteiger partial charge in [0.2, 0.25) is 0 Å². The summed E-state index contributed by atoms with van der Waals surface area (Å²) >= 11 is 0. The van der Waals surface area contributed by atoms with Crippen molar-refractivity contribution in [2.24, 2.45) is 16.5 Å². The Bertz CT molecular complexity index is 445. The third-order valence-corrected chi connectivity index (χ3v) is 4.46. The van der Waals surface area contributed by atoms with Gasteiger partial charge in [-0.25, -0.2) is 0 Å². The van der Waals surface area contributed by atoms with E-state index in [-0.39, 0.29) is 17.5 Å². The highest BCUT2D eigenvalue weighted by Gasteiger charge is 2.61. The molecular formula is C12H13NO3. The van der Waals surface area contributed by atoms with Gasteiger partial charge in [0.25, 0.3) is 0 Å². The number of ketones is 2. The van der Waals surface area contributed by atoms with E-state index in [1.807, 2.05) is 6.92 Å². The van der Waals surface area contributed by atoms with E-state index in [0.29, 0.717) is 12.8 Å². The molecule has 0 aromatic carbocycles. The zero-order valence-electron chi connectivity index (χ0n) is 9.16. The second-order valence-electron chi connectivity index (χ2n) is 5.10. The molecule has 1 spiro atoms. The maximum absolute atomic E-state index is 12.2. The van der Waals surface area contributed by atoms with Crippen LogP contribution in [0.5, 0.6) is 0 Å². The van der Waals surface area contributed by atoms with E-state index in [1.54, 1.807) is 0 Å². The molecule has 2 atom stereocenters. The number of allylic oxidation sites excluding steroid dienone is 1. The molecule has 0 aromatic heterocycles. The van der Waals surface area contributed by atoms with Gasteiger partial charge >= 0.3 is 0 Å². The van der Waals surface area contributed by atoms with Gasteiger partial charge in [0.05, 0.1) is 5.41 Å². The van der Waals surface area contributed by atoms with Crippen LogP contribution < -0.4 is 0 Å². The predicted molar refractivity (Wildman–Crippen MR) is 56.7 cm³/mol. The third kappa shape index (κ3) is 0.950. The number of hydrogen-bond acceptors (Lipinski definition) is 4. The zero-order valence-corrected chi connectivity index (χ0v) is 9.16. The van der Waals surface area contributed by atoms with Gasteiger partial charge in [-0.05, 0) is 26.2 Å². The van der Waals surface area contributed by atoms with Crippen molar-refractivity contribution < 1.29 is 9.59 Å². The average Bonchev–Trinajstić information content (AvgIpc) is 2.98. The zero-order chi connectivity index (χ0) is 11.5. The van der Waals surface area contributed by atoms with Crippen LogP contribution in [-0.2, 0) is 9.59 Å². The summed E-state index contributed by atoms with van der Waals surface area (Å²) in [5.41, 5.74) is 1.20. The summed E-state index contributed by atoms with van der Waals surface area (Å²) in [6, 6.07) is -0.798. The van der Waals surface area contributed by atoms with Gasteiger partial charge in [-0.1, -0.05) is 10.7 Å². The van der Waals surface area contributed by atoms with Gasteiger partial charge in [0.15, 0.2) is 17.6 Å². The number of nitroso groups, excluding NO2 is 1. The lowest BCUT2D eigenvalue weighted by molar-refractivity contribution is -0.125. The highest BCUT2D eigenvalue weighted by atomic mass is 16.3. The van der Waals surface area contributed by atoms with Crippen molar-refractivity contribution in [2.75, 3.05) is 0 Å². The lowest BCUT2D eigenvalue weighted by Gasteiger charge is -2.30. The Balaban J connectivity index is 2.18. The predicted octanol–water partition coefficient (Wildman–Crippen LogP) is 1.78. The van der Waals surface area contributed by atoms with Crippen LogP contribution in [0.3, 0.4) is 0 Å². The molecule has 84 valence electrons. The summed E-state index contributed by atoms with van der Waals surface area (Å²) in [6.07, 6.45) is 2.65. The van der Waals surface area contributed by atoms with Gasteiger partial charge in [0, 0.05) is 17.9 Å². The van der Waals surface area contributed by atoms with Crippen LogP contribution >= 0.6 is 0 Å². The second kappa shape index (κ2) is 2.87. The molecule has 0 N–H and O–H groups in total. The van der Waals surface area contributed by atoms with Crippen LogP contribution in [0.15, 0.2) is 16.3 Å². The smallest absolute Gasteiger partial charge is 0.171 e. The van der Waals surface area contributed by atoms with E-state index in [4.69, 9.17) is 0 Å². The minimum atomic E-state index is -0.798.